The molecule has 1 saturated carbocycles. The Labute approximate surface area is 119 Å². The molecule has 1 atom stereocenters. The van der Waals surface area contributed by atoms with Crippen molar-refractivity contribution >= 4 is 17.2 Å². The molecule has 4 heteroatoms. The largest absolute Gasteiger partial charge is 0.333 e. The monoisotopic (exact) mass is 278 g/mol. The summed E-state index contributed by atoms with van der Waals surface area (Å²) in [5.41, 5.74) is 3.06. The van der Waals surface area contributed by atoms with E-state index in [4.69, 9.17) is 0 Å². The standard InChI is InChI=1S/C15H22N2OS/c1-9(2)11-12(19-8-16-11)14(18)17-7-15(3,4)13(17)10-5-6-10/h8-10,13H,5-7H2,1-4H3/t13-/m0/s1. The smallest absolute Gasteiger partial charge is 0.266 e. The Morgan fingerprint density at radius 1 is 1.47 bits per heavy atom. The first-order valence-electron chi connectivity index (χ1n) is 7.16. The fourth-order valence-corrected chi connectivity index (χ4v) is 4.30. The number of likely N-dealkylation sites (tertiary alicyclic amines) is 1. The molecule has 3 nitrogen and oxygen atoms in total. The summed E-state index contributed by atoms with van der Waals surface area (Å²) >= 11 is 1.50. The molecule has 1 saturated heterocycles. The van der Waals surface area contributed by atoms with Crippen LogP contribution < -0.4 is 0 Å². The predicted octanol–water partition coefficient (Wildman–Crippen LogP) is 3.53. The van der Waals surface area contributed by atoms with Crippen molar-refractivity contribution in [2.24, 2.45) is 11.3 Å². The minimum absolute atomic E-state index is 0.211. The van der Waals surface area contributed by atoms with Crippen molar-refractivity contribution in [1.29, 1.82) is 0 Å². The second-order valence-electron chi connectivity index (χ2n) is 6.93. The average molecular weight is 278 g/mol. The zero-order valence-electron chi connectivity index (χ0n) is 12.1. The van der Waals surface area contributed by atoms with E-state index in [1.165, 1.54) is 24.2 Å². The minimum atomic E-state index is 0.211. The van der Waals surface area contributed by atoms with Crippen LogP contribution in [0.1, 0.15) is 61.8 Å². The first-order valence-corrected chi connectivity index (χ1v) is 8.04. The maximum atomic E-state index is 12.7. The number of aromatic nitrogens is 1. The lowest BCUT2D eigenvalue weighted by Crippen LogP contribution is -2.64. The lowest BCUT2D eigenvalue weighted by Gasteiger charge is -2.54. The van der Waals surface area contributed by atoms with Crippen LogP contribution in [0.5, 0.6) is 0 Å². The molecule has 1 aromatic heterocycles. The fourth-order valence-electron chi connectivity index (χ4n) is 3.40. The molecule has 0 radical (unpaired) electrons. The van der Waals surface area contributed by atoms with Gasteiger partial charge in [0.2, 0.25) is 0 Å². The minimum Gasteiger partial charge on any atom is -0.333 e. The molecule has 1 aliphatic heterocycles. The predicted molar refractivity (Wildman–Crippen MR) is 77.5 cm³/mol. The zero-order valence-corrected chi connectivity index (χ0v) is 13.0. The van der Waals surface area contributed by atoms with E-state index in [0.29, 0.717) is 17.4 Å². The van der Waals surface area contributed by atoms with Gasteiger partial charge in [0.1, 0.15) is 4.88 Å². The highest BCUT2D eigenvalue weighted by Crippen LogP contribution is 2.50. The molecular weight excluding hydrogens is 256 g/mol. The Bertz CT molecular complexity index is 502. The molecule has 0 N–H and O–H groups in total. The van der Waals surface area contributed by atoms with Crippen molar-refractivity contribution in [2.45, 2.75) is 52.5 Å². The highest BCUT2D eigenvalue weighted by molar-refractivity contribution is 7.11. The number of carbonyl (C=O) groups is 1. The van der Waals surface area contributed by atoms with E-state index < -0.39 is 0 Å². The molecule has 1 amide bonds. The van der Waals surface area contributed by atoms with Crippen molar-refractivity contribution in [3.05, 3.63) is 16.1 Å². The highest BCUT2D eigenvalue weighted by Gasteiger charge is 2.54. The second-order valence-corrected chi connectivity index (χ2v) is 7.78. The molecule has 0 aromatic carbocycles. The number of hydrogen-bond donors (Lipinski definition) is 0. The molecule has 0 bridgehead atoms. The Morgan fingerprint density at radius 2 is 2.16 bits per heavy atom. The molecule has 1 aliphatic carbocycles. The summed E-state index contributed by atoms with van der Waals surface area (Å²) in [6, 6.07) is 0.446. The summed E-state index contributed by atoms with van der Waals surface area (Å²) < 4.78 is 0. The summed E-state index contributed by atoms with van der Waals surface area (Å²) in [6.07, 6.45) is 2.58. The van der Waals surface area contributed by atoms with E-state index in [1.54, 1.807) is 5.51 Å². The van der Waals surface area contributed by atoms with Crippen molar-refractivity contribution in [2.75, 3.05) is 6.54 Å². The number of hydrogen-bond acceptors (Lipinski definition) is 3. The van der Waals surface area contributed by atoms with Gasteiger partial charge >= 0.3 is 0 Å². The maximum Gasteiger partial charge on any atom is 0.266 e. The Kier molecular flexibility index (Phi) is 2.97. The first kappa shape index (κ1) is 13.1. The van der Waals surface area contributed by atoms with Gasteiger partial charge in [-0.3, -0.25) is 4.79 Å². The van der Waals surface area contributed by atoms with Crippen LogP contribution in [0.4, 0.5) is 0 Å². The van der Waals surface area contributed by atoms with E-state index >= 15 is 0 Å². The quantitative estimate of drug-likeness (QED) is 0.847. The van der Waals surface area contributed by atoms with Gasteiger partial charge < -0.3 is 4.90 Å². The van der Waals surface area contributed by atoms with Gasteiger partial charge in [-0.25, -0.2) is 4.98 Å². The molecule has 3 rings (SSSR count). The van der Waals surface area contributed by atoms with Crippen LogP contribution in [0.3, 0.4) is 0 Å². The van der Waals surface area contributed by atoms with Gasteiger partial charge in [0.05, 0.1) is 11.2 Å². The van der Waals surface area contributed by atoms with Crippen LogP contribution in [0, 0.1) is 11.3 Å². The third kappa shape index (κ3) is 2.10. The molecule has 104 valence electrons. The summed E-state index contributed by atoms with van der Waals surface area (Å²) in [5.74, 6) is 1.27. The van der Waals surface area contributed by atoms with Gasteiger partial charge in [-0.1, -0.05) is 27.7 Å². The molecule has 19 heavy (non-hydrogen) atoms. The van der Waals surface area contributed by atoms with E-state index in [9.17, 15) is 4.79 Å². The number of thiazole rings is 1. The number of rotatable bonds is 3. The molecule has 2 aliphatic rings. The van der Waals surface area contributed by atoms with E-state index in [0.717, 1.165) is 23.0 Å². The van der Waals surface area contributed by atoms with Gasteiger partial charge in [-0.2, -0.15) is 0 Å². The van der Waals surface area contributed by atoms with Gasteiger partial charge in [-0.15, -0.1) is 11.3 Å². The maximum absolute atomic E-state index is 12.7. The van der Waals surface area contributed by atoms with Crippen LogP contribution >= 0.6 is 11.3 Å². The lowest BCUT2D eigenvalue weighted by atomic mass is 9.72. The van der Waals surface area contributed by atoms with Crippen LogP contribution in [0.2, 0.25) is 0 Å². The van der Waals surface area contributed by atoms with E-state index in [2.05, 4.69) is 37.6 Å². The van der Waals surface area contributed by atoms with Crippen molar-refractivity contribution < 1.29 is 4.79 Å². The van der Waals surface area contributed by atoms with Crippen LogP contribution in [-0.2, 0) is 0 Å². The Morgan fingerprint density at radius 3 is 2.68 bits per heavy atom. The topological polar surface area (TPSA) is 33.2 Å². The van der Waals surface area contributed by atoms with Gasteiger partial charge in [0, 0.05) is 18.0 Å². The van der Waals surface area contributed by atoms with Gasteiger partial charge in [0.15, 0.2) is 0 Å². The summed E-state index contributed by atoms with van der Waals surface area (Å²) in [4.78, 5) is 20.1. The molecule has 2 fully saturated rings. The van der Waals surface area contributed by atoms with Crippen LogP contribution in [0.15, 0.2) is 5.51 Å². The molecule has 2 heterocycles. The Hall–Kier alpha value is -0.900. The Balaban J connectivity index is 1.83. The number of amides is 1. The van der Waals surface area contributed by atoms with Crippen LogP contribution in [-0.4, -0.2) is 28.4 Å². The summed E-state index contributed by atoms with van der Waals surface area (Å²) in [6.45, 7) is 9.67. The zero-order chi connectivity index (χ0) is 13.8. The van der Waals surface area contributed by atoms with E-state index in [1.807, 2.05) is 0 Å². The van der Waals surface area contributed by atoms with E-state index in [-0.39, 0.29) is 5.91 Å². The number of nitrogens with zero attached hydrogens (tertiary/aromatic N) is 2. The molecule has 1 aromatic rings. The molecular formula is C15H22N2OS. The molecule has 0 unspecified atom stereocenters. The van der Waals surface area contributed by atoms with Gasteiger partial charge in [-0.05, 0) is 24.7 Å². The second kappa shape index (κ2) is 4.30. The van der Waals surface area contributed by atoms with Crippen molar-refractivity contribution in [1.82, 2.24) is 9.88 Å². The SMILES string of the molecule is CC(C)c1ncsc1C(=O)N1CC(C)(C)[C@@H]1C1CC1. The normalized spacial score (nSPS) is 25.5. The fraction of sp³-hybridized carbons (Fsp3) is 0.733. The summed E-state index contributed by atoms with van der Waals surface area (Å²) in [5, 5.41) is 0. The summed E-state index contributed by atoms with van der Waals surface area (Å²) in [7, 11) is 0. The highest BCUT2D eigenvalue weighted by atomic mass is 32.1. The first-order chi connectivity index (χ1) is 8.92. The lowest BCUT2D eigenvalue weighted by molar-refractivity contribution is -0.0407. The van der Waals surface area contributed by atoms with Gasteiger partial charge in [0.25, 0.3) is 5.91 Å². The van der Waals surface area contributed by atoms with Crippen molar-refractivity contribution in [3.63, 3.8) is 0 Å². The average Bonchev–Trinajstić information content (AvgIpc) is 2.98. The molecule has 0 spiro atoms. The number of carbonyl (C=O) groups excluding carboxylic acids is 1. The third-order valence-corrected chi connectivity index (χ3v) is 5.21. The van der Waals surface area contributed by atoms with Crippen molar-refractivity contribution in [3.8, 4) is 0 Å². The third-order valence-electron chi connectivity index (χ3n) is 4.38. The van der Waals surface area contributed by atoms with Crippen LogP contribution in [0.25, 0.3) is 0 Å².